The summed E-state index contributed by atoms with van der Waals surface area (Å²) in [6, 6.07) is 2.56. The summed E-state index contributed by atoms with van der Waals surface area (Å²) in [5.41, 5.74) is 0. The molecule has 3 nitrogen and oxygen atoms in total. The van der Waals surface area contributed by atoms with Gasteiger partial charge in [-0.1, -0.05) is 13.3 Å². The molecule has 0 saturated carbocycles. The van der Waals surface area contributed by atoms with E-state index in [2.05, 4.69) is 24.3 Å². The van der Waals surface area contributed by atoms with Gasteiger partial charge in [0.2, 0.25) is 0 Å². The van der Waals surface area contributed by atoms with Crippen molar-refractivity contribution in [1.29, 1.82) is 0 Å². The molecule has 1 atom stereocenters. The van der Waals surface area contributed by atoms with Gasteiger partial charge < -0.3 is 5.32 Å². The molecule has 0 aliphatic heterocycles. The van der Waals surface area contributed by atoms with Crippen molar-refractivity contribution in [3.05, 3.63) is 18.5 Å². The van der Waals surface area contributed by atoms with Crippen molar-refractivity contribution < 1.29 is 0 Å². The molecular weight excluding hydrogens is 174 g/mol. The number of nitrogens with one attached hydrogen (secondary N) is 1. The van der Waals surface area contributed by atoms with Crippen LogP contribution in [0.3, 0.4) is 0 Å². The molecule has 1 unspecified atom stereocenters. The number of aromatic nitrogens is 2. The molecular formula is C11H21N3. The van der Waals surface area contributed by atoms with Gasteiger partial charge in [0.25, 0.3) is 0 Å². The van der Waals surface area contributed by atoms with Gasteiger partial charge in [0.05, 0.1) is 0 Å². The SMILES string of the molecule is CCCCNC(C)CCn1cccn1. The van der Waals surface area contributed by atoms with Gasteiger partial charge in [-0.25, -0.2) is 0 Å². The van der Waals surface area contributed by atoms with E-state index in [9.17, 15) is 0 Å². The zero-order chi connectivity index (χ0) is 10.2. The lowest BCUT2D eigenvalue weighted by molar-refractivity contribution is 0.454. The van der Waals surface area contributed by atoms with E-state index < -0.39 is 0 Å². The Morgan fingerprint density at radius 3 is 3.00 bits per heavy atom. The van der Waals surface area contributed by atoms with Gasteiger partial charge in [0, 0.05) is 25.0 Å². The fourth-order valence-electron chi connectivity index (χ4n) is 1.39. The van der Waals surface area contributed by atoms with Crippen LogP contribution in [0.4, 0.5) is 0 Å². The molecule has 0 radical (unpaired) electrons. The van der Waals surface area contributed by atoms with Crippen LogP contribution in [-0.4, -0.2) is 22.4 Å². The molecule has 1 heterocycles. The first-order valence-electron chi connectivity index (χ1n) is 5.53. The Labute approximate surface area is 86.5 Å². The Morgan fingerprint density at radius 1 is 1.50 bits per heavy atom. The topological polar surface area (TPSA) is 29.9 Å². The third kappa shape index (κ3) is 4.42. The second kappa shape index (κ2) is 6.60. The van der Waals surface area contributed by atoms with Gasteiger partial charge in [0.15, 0.2) is 0 Å². The van der Waals surface area contributed by atoms with Crippen LogP contribution in [-0.2, 0) is 6.54 Å². The number of nitrogens with zero attached hydrogens (tertiary/aromatic N) is 2. The number of unbranched alkanes of at least 4 members (excludes halogenated alkanes) is 1. The highest BCUT2D eigenvalue weighted by atomic mass is 15.3. The maximum Gasteiger partial charge on any atom is 0.0489 e. The summed E-state index contributed by atoms with van der Waals surface area (Å²) in [6.45, 7) is 6.60. The van der Waals surface area contributed by atoms with Crippen molar-refractivity contribution in [2.75, 3.05) is 6.54 Å². The van der Waals surface area contributed by atoms with Crippen LogP contribution in [0.5, 0.6) is 0 Å². The van der Waals surface area contributed by atoms with Gasteiger partial charge in [-0.2, -0.15) is 5.10 Å². The van der Waals surface area contributed by atoms with Crippen molar-refractivity contribution in [2.24, 2.45) is 0 Å². The second-order valence-corrected chi connectivity index (χ2v) is 3.77. The van der Waals surface area contributed by atoms with E-state index in [1.54, 1.807) is 0 Å². The standard InChI is InChI=1S/C11H21N3/c1-3-4-7-12-11(2)6-10-14-9-5-8-13-14/h5,8-9,11-12H,3-4,6-7,10H2,1-2H3. The lowest BCUT2D eigenvalue weighted by Gasteiger charge is -2.13. The monoisotopic (exact) mass is 195 g/mol. The fraction of sp³-hybridized carbons (Fsp3) is 0.727. The van der Waals surface area contributed by atoms with Crippen LogP contribution in [0.25, 0.3) is 0 Å². The van der Waals surface area contributed by atoms with Crippen LogP contribution < -0.4 is 5.32 Å². The largest absolute Gasteiger partial charge is 0.314 e. The molecule has 1 aromatic rings. The van der Waals surface area contributed by atoms with E-state index in [1.807, 2.05) is 23.1 Å². The molecule has 0 spiro atoms. The molecule has 0 bridgehead atoms. The smallest absolute Gasteiger partial charge is 0.0489 e. The van der Waals surface area contributed by atoms with Crippen molar-refractivity contribution in [3.8, 4) is 0 Å². The minimum Gasteiger partial charge on any atom is -0.314 e. The Hall–Kier alpha value is -0.830. The van der Waals surface area contributed by atoms with Gasteiger partial charge in [-0.15, -0.1) is 0 Å². The predicted molar refractivity (Wildman–Crippen MR) is 59.2 cm³/mol. The summed E-state index contributed by atoms with van der Waals surface area (Å²) in [5, 5.41) is 7.68. The normalized spacial score (nSPS) is 13.0. The summed E-state index contributed by atoms with van der Waals surface area (Å²) >= 11 is 0. The van der Waals surface area contributed by atoms with Crippen molar-refractivity contribution in [3.63, 3.8) is 0 Å². The van der Waals surface area contributed by atoms with Crippen molar-refractivity contribution in [1.82, 2.24) is 15.1 Å². The average Bonchev–Trinajstić information content (AvgIpc) is 2.68. The van der Waals surface area contributed by atoms with Crippen molar-refractivity contribution in [2.45, 2.75) is 45.7 Å². The highest BCUT2D eigenvalue weighted by Gasteiger charge is 2.00. The Morgan fingerprint density at radius 2 is 2.36 bits per heavy atom. The first-order valence-corrected chi connectivity index (χ1v) is 5.53. The third-order valence-electron chi connectivity index (χ3n) is 2.37. The van der Waals surface area contributed by atoms with Crippen LogP contribution in [0.2, 0.25) is 0 Å². The average molecular weight is 195 g/mol. The third-order valence-corrected chi connectivity index (χ3v) is 2.37. The van der Waals surface area contributed by atoms with E-state index >= 15 is 0 Å². The zero-order valence-electron chi connectivity index (χ0n) is 9.24. The Bertz CT molecular complexity index is 218. The molecule has 0 aliphatic rings. The summed E-state index contributed by atoms with van der Waals surface area (Å²) in [5.74, 6) is 0. The van der Waals surface area contributed by atoms with Gasteiger partial charge in [0.1, 0.15) is 0 Å². The van der Waals surface area contributed by atoms with Crippen LogP contribution in [0.1, 0.15) is 33.1 Å². The number of hydrogen-bond acceptors (Lipinski definition) is 2. The molecule has 1 aromatic heterocycles. The zero-order valence-corrected chi connectivity index (χ0v) is 9.24. The maximum atomic E-state index is 4.17. The quantitative estimate of drug-likeness (QED) is 0.675. The van der Waals surface area contributed by atoms with Crippen LogP contribution in [0, 0.1) is 0 Å². The van der Waals surface area contributed by atoms with Crippen molar-refractivity contribution >= 4 is 0 Å². The number of hydrogen-bond donors (Lipinski definition) is 1. The minimum absolute atomic E-state index is 0.589. The molecule has 0 aliphatic carbocycles. The van der Waals surface area contributed by atoms with Gasteiger partial charge in [-0.05, 0) is 32.4 Å². The van der Waals surface area contributed by atoms with Crippen LogP contribution in [0.15, 0.2) is 18.5 Å². The molecule has 0 saturated heterocycles. The maximum absolute atomic E-state index is 4.17. The first-order chi connectivity index (χ1) is 6.83. The molecule has 1 rings (SSSR count). The summed E-state index contributed by atoms with van der Waals surface area (Å²) in [6.07, 6.45) is 7.52. The summed E-state index contributed by atoms with van der Waals surface area (Å²) in [4.78, 5) is 0. The highest BCUT2D eigenvalue weighted by Crippen LogP contribution is 1.95. The van der Waals surface area contributed by atoms with E-state index in [0.717, 1.165) is 19.5 Å². The molecule has 3 heteroatoms. The lowest BCUT2D eigenvalue weighted by Crippen LogP contribution is -2.28. The van der Waals surface area contributed by atoms with E-state index in [-0.39, 0.29) is 0 Å². The minimum atomic E-state index is 0.589. The van der Waals surface area contributed by atoms with Gasteiger partial charge in [-0.3, -0.25) is 4.68 Å². The predicted octanol–water partition coefficient (Wildman–Crippen LogP) is 2.05. The molecule has 80 valence electrons. The van der Waals surface area contributed by atoms with Gasteiger partial charge >= 0.3 is 0 Å². The summed E-state index contributed by atoms with van der Waals surface area (Å²) < 4.78 is 1.98. The Kier molecular flexibility index (Phi) is 5.30. The molecule has 1 N–H and O–H groups in total. The number of rotatable bonds is 7. The molecule has 0 fully saturated rings. The van der Waals surface area contributed by atoms with E-state index in [1.165, 1.54) is 12.8 Å². The lowest BCUT2D eigenvalue weighted by atomic mass is 10.2. The molecule has 14 heavy (non-hydrogen) atoms. The van der Waals surface area contributed by atoms with E-state index in [0.29, 0.717) is 6.04 Å². The highest BCUT2D eigenvalue weighted by molar-refractivity contribution is 4.78. The first kappa shape index (κ1) is 11.2. The Balaban J connectivity index is 2.06. The second-order valence-electron chi connectivity index (χ2n) is 3.77. The number of aryl methyl sites for hydroxylation is 1. The summed E-state index contributed by atoms with van der Waals surface area (Å²) in [7, 11) is 0. The fourth-order valence-corrected chi connectivity index (χ4v) is 1.39. The van der Waals surface area contributed by atoms with Crippen LogP contribution >= 0.6 is 0 Å². The van der Waals surface area contributed by atoms with E-state index in [4.69, 9.17) is 0 Å². The molecule has 0 aromatic carbocycles. The molecule has 0 amide bonds.